The van der Waals surface area contributed by atoms with Crippen LogP contribution in [0.25, 0.3) is 16.7 Å². The van der Waals surface area contributed by atoms with Gasteiger partial charge in [-0.05, 0) is 82.5 Å². The number of pyridine rings is 1. The summed E-state index contributed by atoms with van der Waals surface area (Å²) in [4.78, 5) is 26.1. The summed E-state index contributed by atoms with van der Waals surface area (Å²) in [7, 11) is 0. The molecule has 4 aromatic rings. The maximum absolute atomic E-state index is 13.5. The summed E-state index contributed by atoms with van der Waals surface area (Å²) in [5.74, 6) is -0.565. The number of rotatable bonds is 6. The Morgan fingerprint density at radius 1 is 1.06 bits per heavy atom. The first-order valence-electron chi connectivity index (χ1n) is 11.5. The molecular formula is C27H29FN4O2. The van der Waals surface area contributed by atoms with Gasteiger partial charge < -0.3 is 5.32 Å². The monoisotopic (exact) mass is 460 g/mol. The van der Waals surface area contributed by atoms with E-state index >= 15 is 0 Å². The van der Waals surface area contributed by atoms with Crippen LogP contribution in [0.5, 0.6) is 0 Å². The van der Waals surface area contributed by atoms with Crippen molar-refractivity contribution in [3.63, 3.8) is 0 Å². The minimum Gasteiger partial charge on any atom is -0.326 e. The van der Waals surface area contributed by atoms with Crippen molar-refractivity contribution in [1.82, 2.24) is 14.3 Å². The summed E-state index contributed by atoms with van der Waals surface area (Å²) in [5.41, 5.74) is 6.23. The third kappa shape index (κ3) is 4.25. The van der Waals surface area contributed by atoms with E-state index < -0.39 is 0 Å². The van der Waals surface area contributed by atoms with Gasteiger partial charge in [0.15, 0.2) is 0 Å². The number of aromatic nitrogens is 3. The van der Waals surface area contributed by atoms with Crippen LogP contribution >= 0.6 is 0 Å². The van der Waals surface area contributed by atoms with Gasteiger partial charge in [0.1, 0.15) is 11.5 Å². The zero-order chi connectivity index (χ0) is 24.6. The Labute approximate surface area is 198 Å². The lowest BCUT2D eigenvalue weighted by atomic mass is 10.0. The van der Waals surface area contributed by atoms with E-state index in [0.717, 1.165) is 33.5 Å². The van der Waals surface area contributed by atoms with Gasteiger partial charge in [0, 0.05) is 29.6 Å². The number of carbonyl (C=O) groups is 1. The lowest BCUT2D eigenvalue weighted by Crippen LogP contribution is -2.27. The van der Waals surface area contributed by atoms with Crippen LogP contribution in [0, 0.1) is 33.5 Å². The van der Waals surface area contributed by atoms with Gasteiger partial charge in [0.2, 0.25) is 5.91 Å². The highest BCUT2D eigenvalue weighted by Gasteiger charge is 2.21. The Hall–Kier alpha value is -3.74. The number of aryl methyl sites for hydroxylation is 5. The molecule has 1 amide bonds. The molecule has 0 aliphatic rings. The van der Waals surface area contributed by atoms with Gasteiger partial charge in [-0.15, -0.1) is 0 Å². The molecule has 6 nitrogen and oxygen atoms in total. The van der Waals surface area contributed by atoms with Gasteiger partial charge in [-0.2, -0.15) is 5.10 Å². The number of benzene rings is 2. The molecule has 0 aliphatic heterocycles. The smallest absolute Gasteiger partial charge is 0.255 e. The van der Waals surface area contributed by atoms with Crippen molar-refractivity contribution >= 4 is 22.6 Å². The van der Waals surface area contributed by atoms with E-state index in [0.29, 0.717) is 29.8 Å². The van der Waals surface area contributed by atoms with E-state index in [4.69, 9.17) is 5.10 Å². The molecule has 0 saturated carbocycles. The Bertz CT molecular complexity index is 1450. The molecule has 0 aliphatic carbocycles. The van der Waals surface area contributed by atoms with Crippen molar-refractivity contribution in [2.45, 2.75) is 54.0 Å². The molecule has 0 fully saturated rings. The van der Waals surface area contributed by atoms with Crippen LogP contribution in [0.3, 0.4) is 0 Å². The summed E-state index contributed by atoms with van der Waals surface area (Å²) >= 11 is 0. The molecule has 0 unspecified atom stereocenters. The van der Waals surface area contributed by atoms with Crippen LogP contribution in [0.15, 0.2) is 47.3 Å². The SMILES string of the molecule is CCn1c(=O)c(CCC(=O)Nc2ccc(F)cc2C)c(C)c2c(C)nn(-c3ccc(C)cc3)c21. The number of nitrogens with one attached hydrogen (secondary N) is 1. The van der Waals surface area contributed by atoms with E-state index in [1.807, 2.05) is 56.6 Å². The molecule has 34 heavy (non-hydrogen) atoms. The molecule has 0 atom stereocenters. The molecule has 1 N–H and O–H groups in total. The maximum Gasteiger partial charge on any atom is 0.255 e. The molecule has 2 aromatic carbocycles. The van der Waals surface area contributed by atoms with Gasteiger partial charge in [-0.3, -0.25) is 14.2 Å². The van der Waals surface area contributed by atoms with Gasteiger partial charge in [-0.1, -0.05) is 17.7 Å². The number of amides is 1. The van der Waals surface area contributed by atoms with Crippen LogP contribution in [0.2, 0.25) is 0 Å². The summed E-state index contributed by atoms with van der Waals surface area (Å²) in [5, 5.41) is 8.52. The van der Waals surface area contributed by atoms with Crippen molar-refractivity contribution in [2.75, 3.05) is 5.32 Å². The summed E-state index contributed by atoms with van der Waals surface area (Å²) in [6.07, 6.45) is 0.453. The third-order valence-corrected chi connectivity index (χ3v) is 6.28. The van der Waals surface area contributed by atoms with Gasteiger partial charge in [0.05, 0.1) is 11.4 Å². The highest BCUT2D eigenvalue weighted by molar-refractivity contribution is 5.92. The molecule has 0 spiro atoms. The molecule has 4 rings (SSSR count). The highest BCUT2D eigenvalue weighted by atomic mass is 19.1. The fourth-order valence-electron chi connectivity index (χ4n) is 4.45. The van der Waals surface area contributed by atoms with Crippen molar-refractivity contribution in [2.24, 2.45) is 0 Å². The minimum atomic E-state index is -0.346. The Morgan fingerprint density at radius 3 is 2.41 bits per heavy atom. The molecule has 0 bridgehead atoms. The standard InChI is InChI=1S/C27H29FN4O2/c1-6-31-26-25(19(5)30-32(26)21-10-7-16(2)8-11-21)18(4)22(27(31)34)12-14-24(33)29-23-13-9-20(28)15-17(23)3/h7-11,13,15H,6,12,14H2,1-5H3,(H,29,33). The summed E-state index contributed by atoms with van der Waals surface area (Å²) < 4.78 is 16.9. The largest absolute Gasteiger partial charge is 0.326 e. The first-order valence-corrected chi connectivity index (χ1v) is 11.5. The first kappa shape index (κ1) is 23.4. The summed E-state index contributed by atoms with van der Waals surface area (Å²) in [6, 6.07) is 12.3. The molecule has 2 aromatic heterocycles. The number of nitrogens with zero attached hydrogens (tertiary/aromatic N) is 3. The van der Waals surface area contributed by atoms with Gasteiger partial charge in [0.25, 0.3) is 5.56 Å². The molecule has 0 radical (unpaired) electrons. The first-order chi connectivity index (χ1) is 16.2. The lowest BCUT2D eigenvalue weighted by molar-refractivity contribution is -0.116. The van der Waals surface area contributed by atoms with Crippen LogP contribution in [0.1, 0.15) is 41.3 Å². The second-order valence-corrected chi connectivity index (χ2v) is 8.69. The average Bonchev–Trinajstić information content (AvgIpc) is 3.13. The van der Waals surface area contributed by atoms with E-state index in [-0.39, 0.29) is 23.7 Å². The molecule has 7 heteroatoms. The Kier molecular flexibility index (Phi) is 6.37. The zero-order valence-corrected chi connectivity index (χ0v) is 20.2. The number of halogens is 1. The number of anilines is 1. The normalized spacial score (nSPS) is 11.2. The third-order valence-electron chi connectivity index (χ3n) is 6.28. The Balaban J connectivity index is 1.70. The van der Waals surface area contributed by atoms with Crippen molar-refractivity contribution in [3.05, 3.63) is 86.6 Å². The van der Waals surface area contributed by atoms with E-state index in [2.05, 4.69) is 5.32 Å². The predicted molar refractivity (Wildman–Crippen MR) is 133 cm³/mol. The quantitative estimate of drug-likeness (QED) is 0.433. The zero-order valence-electron chi connectivity index (χ0n) is 20.2. The lowest BCUT2D eigenvalue weighted by Gasteiger charge is -2.15. The second-order valence-electron chi connectivity index (χ2n) is 8.69. The highest BCUT2D eigenvalue weighted by Crippen LogP contribution is 2.26. The molecular weight excluding hydrogens is 431 g/mol. The topological polar surface area (TPSA) is 68.9 Å². The molecule has 0 saturated heterocycles. The van der Waals surface area contributed by atoms with Crippen LogP contribution in [0.4, 0.5) is 10.1 Å². The maximum atomic E-state index is 13.5. The van der Waals surface area contributed by atoms with Crippen LogP contribution in [-0.4, -0.2) is 20.3 Å². The number of hydrogen-bond donors (Lipinski definition) is 1. The van der Waals surface area contributed by atoms with Crippen LogP contribution < -0.4 is 10.9 Å². The predicted octanol–water partition coefficient (Wildman–Crippen LogP) is 5.15. The van der Waals surface area contributed by atoms with Crippen LogP contribution in [-0.2, 0) is 17.8 Å². The van der Waals surface area contributed by atoms with Gasteiger partial charge >= 0.3 is 0 Å². The average molecular weight is 461 g/mol. The number of fused-ring (bicyclic) bond motifs is 1. The minimum absolute atomic E-state index is 0.105. The van der Waals surface area contributed by atoms with Crippen molar-refractivity contribution in [3.8, 4) is 5.69 Å². The van der Waals surface area contributed by atoms with E-state index in [1.54, 1.807) is 17.6 Å². The second kappa shape index (κ2) is 9.25. The fraction of sp³-hybridized carbons (Fsp3) is 0.296. The van der Waals surface area contributed by atoms with E-state index in [1.165, 1.54) is 12.1 Å². The van der Waals surface area contributed by atoms with Gasteiger partial charge in [-0.25, -0.2) is 9.07 Å². The number of hydrogen-bond acceptors (Lipinski definition) is 3. The summed E-state index contributed by atoms with van der Waals surface area (Å²) in [6.45, 7) is 10.1. The van der Waals surface area contributed by atoms with Crippen molar-refractivity contribution < 1.29 is 9.18 Å². The van der Waals surface area contributed by atoms with Crippen molar-refractivity contribution in [1.29, 1.82) is 0 Å². The number of carbonyl (C=O) groups excluding carboxylic acids is 1. The Morgan fingerprint density at radius 2 is 1.76 bits per heavy atom. The van der Waals surface area contributed by atoms with E-state index in [9.17, 15) is 14.0 Å². The molecule has 176 valence electrons. The fourth-order valence-corrected chi connectivity index (χ4v) is 4.45. The molecule has 2 heterocycles.